The van der Waals surface area contributed by atoms with Crippen molar-refractivity contribution in [3.05, 3.63) is 0 Å². The van der Waals surface area contributed by atoms with Gasteiger partial charge in [0.25, 0.3) is 0 Å². The number of amides is 1. The summed E-state index contributed by atoms with van der Waals surface area (Å²) >= 11 is 0. The lowest BCUT2D eigenvalue weighted by Crippen LogP contribution is -2.46. The first kappa shape index (κ1) is 15.2. The minimum absolute atomic E-state index is 0.0234. The van der Waals surface area contributed by atoms with Gasteiger partial charge in [0, 0.05) is 18.9 Å². The van der Waals surface area contributed by atoms with Gasteiger partial charge in [-0.2, -0.15) is 0 Å². The Morgan fingerprint density at radius 1 is 1.40 bits per heavy atom. The molecule has 2 aliphatic rings. The van der Waals surface area contributed by atoms with Crippen molar-refractivity contribution in [3.63, 3.8) is 0 Å². The third-order valence-corrected chi connectivity index (χ3v) is 5.08. The van der Waals surface area contributed by atoms with E-state index in [1.54, 1.807) is 0 Å². The minimum Gasteiger partial charge on any atom is -0.480 e. The van der Waals surface area contributed by atoms with Crippen LogP contribution in [0.3, 0.4) is 0 Å². The first-order valence-corrected chi connectivity index (χ1v) is 8.52. The number of carbonyl (C=O) groups is 2. The van der Waals surface area contributed by atoms with Gasteiger partial charge in [-0.25, -0.2) is 18.4 Å². The summed E-state index contributed by atoms with van der Waals surface area (Å²) in [6, 6.07) is -0.824. The Bertz CT molecular complexity index is 498. The highest BCUT2D eigenvalue weighted by Gasteiger charge is 2.43. The van der Waals surface area contributed by atoms with E-state index in [2.05, 4.69) is 0 Å². The van der Waals surface area contributed by atoms with Gasteiger partial charge < -0.3 is 10.0 Å². The summed E-state index contributed by atoms with van der Waals surface area (Å²) in [5, 5.41) is 14.4. The van der Waals surface area contributed by atoms with E-state index in [0.29, 0.717) is 0 Å². The summed E-state index contributed by atoms with van der Waals surface area (Å²) in [5.74, 6) is -1.98. The molecule has 7 nitrogen and oxygen atoms in total. The Morgan fingerprint density at radius 2 is 2.00 bits per heavy atom. The Balaban J connectivity index is 2.10. The molecule has 2 unspecified atom stereocenters. The number of primary sulfonamides is 1. The third kappa shape index (κ3) is 3.49. The van der Waals surface area contributed by atoms with Crippen LogP contribution in [0, 0.1) is 11.8 Å². The van der Waals surface area contributed by atoms with Crippen LogP contribution in [0.15, 0.2) is 0 Å². The fourth-order valence-electron chi connectivity index (χ4n) is 3.38. The fourth-order valence-corrected chi connectivity index (χ4v) is 4.26. The summed E-state index contributed by atoms with van der Waals surface area (Å²) in [5.41, 5.74) is 0. The molecule has 114 valence electrons. The topological polar surface area (TPSA) is 118 Å². The number of carbonyl (C=O) groups excluding carboxylic acids is 1. The third-order valence-electron chi connectivity index (χ3n) is 4.14. The monoisotopic (exact) mass is 304 g/mol. The first-order chi connectivity index (χ1) is 9.28. The summed E-state index contributed by atoms with van der Waals surface area (Å²) < 4.78 is 22.2. The lowest BCUT2D eigenvalue weighted by Gasteiger charge is -2.29. The molecule has 0 spiro atoms. The smallest absolute Gasteiger partial charge is 0.326 e. The van der Waals surface area contributed by atoms with Gasteiger partial charge in [-0.05, 0) is 18.8 Å². The number of nitrogens with zero attached hydrogens (tertiary/aromatic N) is 1. The van der Waals surface area contributed by atoms with E-state index in [1.807, 2.05) is 0 Å². The van der Waals surface area contributed by atoms with Gasteiger partial charge in [0.15, 0.2) is 0 Å². The molecule has 2 atom stereocenters. The van der Waals surface area contributed by atoms with Crippen molar-refractivity contribution < 1.29 is 23.1 Å². The largest absolute Gasteiger partial charge is 0.480 e. The summed E-state index contributed by atoms with van der Waals surface area (Å²) in [4.78, 5) is 24.8. The van der Waals surface area contributed by atoms with Gasteiger partial charge in [-0.1, -0.05) is 12.8 Å². The normalized spacial score (nSPS) is 26.1. The highest BCUT2D eigenvalue weighted by Crippen LogP contribution is 2.33. The Kier molecular flexibility index (Phi) is 4.33. The van der Waals surface area contributed by atoms with Crippen LogP contribution >= 0.6 is 0 Å². The van der Waals surface area contributed by atoms with Crippen LogP contribution in [0.2, 0.25) is 0 Å². The maximum Gasteiger partial charge on any atom is 0.326 e. The van der Waals surface area contributed by atoms with Gasteiger partial charge in [0.1, 0.15) is 6.04 Å². The van der Waals surface area contributed by atoms with Gasteiger partial charge in [-0.15, -0.1) is 0 Å². The molecular formula is C12H20N2O5S. The molecule has 1 aliphatic heterocycles. The molecular weight excluding hydrogens is 284 g/mol. The molecule has 0 aromatic carbocycles. The Morgan fingerprint density at radius 3 is 2.50 bits per heavy atom. The molecule has 3 N–H and O–H groups in total. The molecule has 0 bridgehead atoms. The molecule has 0 radical (unpaired) electrons. The van der Waals surface area contributed by atoms with Gasteiger partial charge in [0.2, 0.25) is 15.9 Å². The number of likely N-dealkylation sites (tertiary alicyclic amines) is 1. The van der Waals surface area contributed by atoms with Crippen molar-refractivity contribution >= 4 is 21.9 Å². The molecule has 0 aromatic rings. The molecule has 0 aromatic heterocycles. The van der Waals surface area contributed by atoms with Crippen molar-refractivity contribution in [2.45, 2.75) is 38.1 Å². The van der Waals surface area contributed by atoms with Crippen LogP contribution in [0.4, 0.5) is 0 Å². The maximum absolute atomic E-state index is 12.0. The number of carboxylic acids is 1. The standard InChI is InChI=1S/C12H20N2O5S/c13-20(18,19)7-8-5-10(15)14(6-8)11(12(16)17)9-3-1-2-4-9/h8-9,11H,1-7H2,(H,16,17)(H2,13,18,19). The molecule has 20 heavy (non-hydrogen) atoms. The number of hydrogen-bond donors (Lipinski definition) is 2. The Hall–Kier alpha value is -1.15. The summed E-state index contributed by atoms with van der Waals surface area (Å²) in [6.07, 6.45) is 3.64. The van der Waals surface area contributed by atoms with Crippen molar-refractivity contribution in [1.82, 2.24) is 4.90 Å². The SMILES string of the molecule is NS(=O)(=O)CC1CC(=O)N(C(C(=O)O)C2CCCC2)C1. The minimum atomic E-state index is -3.65. The highest BCUT2D eigenvalue weighted by atomic mass is 32.2. The van der Waals surface area contributed by atoms with Crippen molar-refractivity contribution in [2.24, 2.45) is 17.0 Å². The van der Waals surface area contributed by atoms with Gasteiger partial charge >= 0.3 is 5.97 Å². The summed E-state index contributed by atoms with van der Waals surface area (Å²) in [6.45, 7) is 0.169. The van der Waals surface area contributed by atoms with Crippen molar-refractivity contribution in [1.29, 1.82) is 0 Å². The number of rotatable bonds is 5. The average molecular weight is 304 g/mol. The van der Waals surface area contributed by atoms with E-state index in [4.69, 9.17) is 5.14 Å². The van der Waals surface area contributed by atoms with Crippen LogP contribution in [0.1, 0.15) is 32.1 Å². The fraction of sp³-hybridized carbons (Fsp3) is 0.833. The van der Waals surface area contributed by atoms with Crippen molar-refractivity contribution in [2.75, 3.05) is 12.3 Å². The predicted octanol–water partition coefficient (Wildman–Crippen LogP) is -0.233. The Labute approximate surface area is 118 Å². The molecule has 2 rings (SSSR count). The maximum atomic E-state index is 12.0. The number of hydrogen-bond acceptors (Lipinski definition) is 4. The molecule has 1 aliphatic carbocycles. The quantitative estimate of drug-likeness (QED) is 0.727. The van der Waals surface area contributed by atoms with E-state index < -0.39 is 28.0 Å². The molecule has 2 fully saturated rings. The average Bonchev–Trinajstić information content (AvgIpc) is 2.88. The van der Waals surface area contributed by atoms with Crippen LogP contribution < -0.4 is 5.14 Å². The zero-order chi connectivity index (χ0) is 14.9. The van der Waals surface area contributed by atoms with E-state index in [-0.39, 0.29) is 30.5 Å². The molecule has 1 amide bonds. The zero-order valence-corrected chi connectivity index (χ0v) is 12.0. The highest BCUT2D eigenvalue weighted by molar-refractivity contribution is 7.89. The second-order valence-corrected chi connectivity index (χ2v) is 7.43. The van der Waals surface area contributed by atoms with E-state index in [9.17, 15) is 23.1 Å². The summed E-state index contributed by atoms with van der Waals surface area (Å²) in [7, 11) is -3.65. The van der Waals surface area contributed by atoms with Crippen molar-refractivity contribution in [3.8, 4) is 0 Å². The predicted molar refractivity (Wildman–Crippen MR) is 71.2 cm³/mol. The zero-order valence-electron chi connectivity index (χ0n) is 11.2. The van der Waals surface area contributed by atoms with Crippen LogP contribution in [0.25, 0.3) is 0 Å². The van der Waals surface area contributed by atoms with Crippen LogP contribution in [-0.4, -0.2) is 48.6 Å². The van der Waals surface area contributed by atoms with E-state index >= 15 is 0 Å². The van der Waals surface area contributed by atoms with Crippen LogP contribution in [-0.2, 0) is 19.6 Å². The number of nitrogens with two attached hydrogens (primary N) is 1. The van der Waals surface area contributed by atoms with Crippen LogP contribution in [0.5, 0.6) is 0 Å². The molecule has 1 saturated heterocycles. The molecule has 1 heterocycles. The van der Waals surface area contributed by atoms with E-state index in [0.717, 1.165) is 25.7 Å². The molecule has 8 heteroatoms. The second-order valence-electron chi connectivity index (χ2n) is 5.77. The second kappa shape index (κ2) is 5.69. The number of carboxylic acid groups (broad SMARTS) is 1. The number of sulfonamides is 1. The lowest BCUT2D eigenvalue weighted by molar-refractivity contribution is -0.150. The van der Waals surface area contributed by atoms with Gasteiger partial charge in [-0.3, -0.25) is 4.79 Å². The van der Waals surface area contributed by atoms with Gasteiger partial charge in [0.05, 0.1) is 5.75 Å². The first-order valence-electron chi connectivity index (χ1n) is 6.80. The lowest BCUT2D eigenvalue weighted by atomic mass is 9.97. The number of aliphatic carboxylic acids is 1. The molecule has 1 saturated carbocycles. The van der Waals surface area contributed by atoms with E-state index in [1.165, 1.54) is 4.90 Å².